The maximum atomic E-state index is 6.02. The Labute approximate surface area is 90.5 Å². The molecule has 3 heteroatoms. The highest BCUT2D eigenvalue weighted by Gasteiger charge is 2.10. The Balaban J connectivity index is 2.60. The predicted molar refractivity (Wildman–Crippen MR) is 60.2 cm³/mol. The fourth-order valence-electron chi connectivity index (χ4n) is 1.34. The Hall–Kier alpha value is -0.600. The van der Waals surface area contributed by atoms with Crippen molar-refractivity contribution >= 4 is 11.6 Å². The van der Waals surface area contributed by atoms with Gasteiger partial charge in [-0.2, -0.15) is 0 Å². The van der Waals surface area contributed by atoms with Crippen LogP contribution in [0.4, 0.5) is 0 Å². The first kappa shape index (κ1) is 11.5. The minimum Gasteiger partial charge on any atom is -0.324 e. The molecule has 0 aliphatic rings. The summed E-state index contributed by atoms with van der Waals surface area (Å²) < 4.78 is 0. The van der Waals surface area contributed by atoms with Gasteiger partial charge in [-0.1, -0.05) is 31.5 Å². The summed E-state index contributed by atoms with van der Waals surface area (Å²) in [7, 11) is 0. The summed E-state index contributed by atoms with van der Waals surface area (Å²) in [4.78, 5) is 4.01. The Morgan fingerprint density at radius 3 is 2.71 bits per heavy atom. The topological polar surface area (TPSA) is 38.9 Å². The van der Waals surface area contributed by atoms with E-state index < -0.39 is 0 Å². The Bertz CT molecular complexity index is 286. The van der Waals surface area contributed by atoms with E-state index in [0.717, 1.165) is 18.4 Å². The molecule has 1 rings (SSSR count). The lowest BCUT2D eigenvalue weighted by molar-refractivity contribution is 0.506. The lowest BCUT2D eigenvalue weighted by Crippen LogP contribution is -2.12. The van der Waals surface area contributed by atoms with Gasteiger partial charge in [0.1, 0.15) is 5.15 Å². The average molecular weight is 213 g/mol. The molecule has 0 fully saturated rings. The van der Waals surface area contributed by atoms with Crippen molar-refractivity contribution in [3.8, 4) is 0 Å². The van der Waals surface area contributed by atoms with Gasteiger partial charge in [0.05, 0.1) is 0 Å². The number of hydrogen-bond acceptors (Lipinski definition) is 2. The molecule has 14 heavy (non-hydrogen) atoms. The lowest BCUT2D eigenvalue weighted by Gasteiger charge is -2.13. The van der Waals surface area contributed by atoms with Crippen molar-refractivity contribution in [2.75, 3.05) is 0 Å². The van der Waals surface area contributed by atoms with Gasteiger partial charge in [0.25, 0.3) is 0 Å². The lowest BCUT2D eigenvalue weighted by atomic mass is 9.99. The van der Waals surface area contributed by atoms with Crippen LogP contribution in [0.15, 0.2) is 18.3 Å². The van der Waals surface area contributed by atoms with E-state index in [1.165, 1.54) is 0 Å². The smallest absolute Gasteiger partial charge is 0.133 e. The zero-order valence-electron chi connectivity index (χ0n) is 8.70. The highest BCUT2D eigenvalue weighted by molar-refractivity contribution is 6.30. The van der Waals surface area contributed by atoms with Crippen LogP contribution in [0.25, 0.3) is 0 Å². The van der Waals surface area contributed by atoms with E-state index in [9.17, 15) is 0 Å². The Kier molecular flexibility index (Phi) is 4.36. The van der Waals surface area contributed by atoms with Crippen molar-refractivity contribution in [1.29, 1.82) is 0 Å². The van der Waals surface area contributed by atoms with Crippen LogP contribution in [-0.4, -0.2) is 4.98 Å². The van der Waals surface area contributed by atoms with Gasteiger partial charge in [-0.25, -0.2) is 4.98 Å². The van der Waals surface area contributed by atoms with Crippen LogP contribution in [0.5, 0.6) is 0 Å². The first-order valence-electron chi connectivity index (χ1n) is 4.97. The van der Waals surface area contributed by atoms with Gasteiger partial charge in [0.15, 0.2) is 0 Å². The summed E-state index contributed by atoms with van der Waals surface area (Å²) >= 11 is 5.94. The van der Waals surface area contributed by atoms with Crippen LogP contribution in [0.3, 0.4) is 0 Å². The van der Waals surface area contributed by atoms with Crippen molar-refractivity contribution in [3.05, 3.63) is 29.0 Å². The number of nitrogens with two attached hydrogens (primary N) is 1. The van der Waals surface area contributed by atoms with Gasteiger partial charge in [0, 0.05) is 17.8 Å². The molecule has 0 saturated heterocycles. The zero-order chi connectivity index (χ0) is 10.6. The van der Waals surface area contributed by atoms with Crippen molar-refractivity contribution in [2.45, 2.75) is 32.7 Å². The first-order chi connectivity index (χ1) is 6.61. The molecule has 0 spiro atoms. The summed E-state index contributed by atoms with van der Waals surface area (Å²) in [5.41, 5.74) is 6.97. The third kappa shape index (κ3) is 3.28. The minimum absolute atomic E-state index is 0.0126. The minimum atomic E-state index is 0.0126. The number of nitrogens with zero attached hydrogens (tertiary/aromatic N) is 1. The summed E-state index contributed by atoms with van der Waals surface area (Å²) in [6.07, 6.45) is 3.76. The zero-order valence-corrected chi connectivity index (χ0v) is 9.46. The maximum absolute atomic E-state index is 6.02. The summed E-state index contributed by atoms with van der Waals surface area (Å²) in [6.45, 7) is 4.38. The van der Waals surface area contributed by atoms with Crippen molar-refractivity contribution < 1.29 is 0 Å². The fraction of sp³-hybridized carbons (Fsp3) is 0.545. The molecular formula is C11H17ClN2. The standard InChI is InChI=1S/C11H17ClN2/c1-8(2)5-6-10(13)9-4-3-7-14-11(9)12/h3-4,7-8,10H,5-6,13H2,1-2H3/t10-/m1/s1. The van der Waals surface area contributed by atoms with E-state index in [4.69, 9.17) is 17.3 Å². The van der Waals surface area contributed by atoms with Gasteiger partial charge in [0.2, 0.25) is 0 Å². The molecule has 2 nitrogen and oxygen atoms in total. The molecule has 1 aromatic heterocycles. The summed E-state index contributed by atoms with van der Waals surface area (Å²) in [5.74, 6) is 0.677. The molecule has 0 bridgehead atoms. The molecule has 1 atom stereocenters. The highest BCUT2D eigenvalue weighted by atomic mass is 35.5. The molecule has 0 aliphatic carbocycles. The van der Waals surface area contributed by atoms with E-state index in [0.29, 0.717) is 11.1 Å². The van der Waals surface area contributed by atoms with Crippen LogP contribution in [-0.2, 0) is 0 Å². The molecule has 0 radical (unpaired) electrons. The SMILES string of the molecule is CC(C)CC[C@@H](N)c1cccnc1Cl. The van der Waals surface area contributed by atoms with E-state index in [2.05, 4.69) is 18.8 Å². The van der Waals surface area contributed by atoms with Crippen LogP contribution < -0.4 is 5.73 Å². The molecule has 0 saturated carbocycles. The largest absolute Gasteiger partial charge is 0.324 e. The predicted octanol–water partition coefficient (Wildman–Crippen LogP) is 3.17. The van der Waals surface area contributed by atoms with Gasteiger partial charge >= 0.3 is 0 Å². The number of rotatable bonds is 4. The molecule has 1 heterocycles. The fourth-order valence-corrected chi connectivity index (χ4v) is 1.60. The number of hydrogen-bond donors (Lipinski definition) is 1. The molecule has 0 aliphatic heterocycles. The monoisotopic (exact) mass is 212 g/mol. The van der Waals surface area contributed by atoms with Crippen LogP contribution in [0.2, 0.25) is 5.15 Å². The first-order valence-corrected chi connectivity index (χ1v) is 5.35. The molecule has 0 unspecified atom stereocenters. The van der Waals surface area contributed by atoms with E-state index in [-0.39, 0.29) is 6.04 Å². The van der Waals surface area contributed by atoms with Gasteiger partial charge < -0.3 is 5.73 Å². The maximum Gasteiger partial charge on any atom is 0.133 e. The molecule has 1 aromatic rings. The number of aromatic nitrogens is 1. The number of halogens is 1. The summed E-state index contributed by atoms with van der Waals surface area (Å²) in [5, 5.41) is 0.531. The molecule has 0 amide bonds. The highest BCUT2D eigenvalue weighted by Crippen LogP contribution is 2.23. The van der Waals surface area contributed by atoms with E-state index >= 15 is 0 Å². The normalized spacial score (nSPS) is 13.2. The van der Waals surface area contributed by atoms with Gasteiger partial charge in [-0.3, -0.25) is 0 Å². The van der Waals surface area contributed by atoms with Crippen LogP contribution in [0.1, 0.15) is 38.3 Å². The molecule has 2 N–H and O–H groups in total. The Morgan fingerprint density at radius 1 is 1.43 bits per heavy atom. The van der Waals surface area contributed by atoms with Crippen molar-refractivity contribution in [1.82, 2.24) is 4.98 Å². The molecule has 78 valence electrons. The number of pyridine rings is 1. The summed E-state index contributed by atoms with van der Waals surface area (Å²) in [6, 6.07) is 3.83. The Morgan fingerprint density at radius 2 is 2.14 bits per heavy atom. The molecular weight excluding hydrogens is 196 g/mol. The second kappa shape index (κ2) is 5.32. The third-order valence-corrected chi connectivity index (χ3v) is 2.56. The van der Waals surface area contributed by atoms with Gasteiger partial charge in [-0.05, 0) is 24.8 Å². The van der Waals surface area contributed by atoms with E-state index in [1.807, 2.05) is 12.1 Å². The van der Waals surface area contributed by atoms with Crippen LogP contribution >= 0.6 is 11.6 Å². The van der Waals surface area contributed by atoms with Gasteiger partial charge in [-0.15, -0.1) is 0 Å². The third-order valence-electron chi connectivity index (χ3n) is 2.24. The van der Waals surface area contributed by atoms with E-state index in [1.54, 1.807) is 6.20 Å². The average Bonchev–Trinajstić information content (AvgIpc) is 2.15. The molecule has 0 aromatic carbocycles. The van der Waals surface area contributed by atoms with Crippen molar-refractivity contribution in [2.24, 2.45) is 11.7 Å². The second-order valence-electron chi connectivity index (χ2n) is 3.96. The quantitative estimate of drug-likeness (QED) is 0.779. The van der Waals surface area contributed by atoms with Crippen LogP contribution in [0, 0.1) is 5.92 Å². The second-order valence-corrected chi connectivity index (χ2v) is 4.32. The van der Waals surface area contributed by atoms with Crippen molar-refractivity contribution in [3.63, 3.8) is 0 Å².